The Bertz CT molecular complexity index is 547. The number of aromatic nitrogens is 1. The molecule has 0 saturated carbocycles. The number of benzene rings is 1. The number of ether oxygens (including phenoxy) is 1. The van der Waals surface area contributed by atoms with Crippen molar-refractivity contribution in [3.05, 3.63) is 40.7 Å². The predicted octanol–water partition coefficient (Wildman–Crippen LogP) is 4.48. The quantitative estimate of drug-likeness (QED) is 0.804. The minimum atomic E-state index is -0.0124. The highest BCUT2D eigenvalue weighted by Crippen LogP contribution is 2.37. The lowest BCUT2D eigenvalue weighted by molar-refractivity contribution is -0.0593. The van der Waals surface area contributed by atoms with Gasteiger partial charge in [-0.1, -0.05) is 30.3 Å². The zero-order valence-corrected chi connectivity index (χ0v) is 12.2. The van der Waals surface area contributed by atoms with Gasteiger partial charge in [0.1, 0.15) is 0 Å². The van der Waals surface area contributed by atoms with Gasteiger partial charge in [-0.3, -0.25) is 0 Å². The van der Waals surface area contributed by atoms with Crippen LogP contribution in [0.3, 0.4) is 0 Å². The van der Waals surface area contributed by atoms with Gasteiger partial charge in [0.25, 0.3) is 0 Å². The molecule has 0 bridgehead atoms. The van der Waals surface area contributed by atoms with Gasteiger partial charge in [-0.05, 0) is 26.7 Å². The van der Waals surface area contributed by atoms with E-state index in [2.05, 4.69) is 43.5 Å². The molecule has 3 rings (SSSR count). The third kappa shape index (κ3) is 2.88. The summed E-state index contributed by atoms with van der Waals surface area (Å²) in [6.07, 6.45) is 2.15. The van der Waals surface area contributed by atoms with Crippen molar-refractivity contribution in [1.29, 1.82) is 0 Å². The minimum absolute atomic E-state index is 0.0124. The molecule has 1 atom stereocenters. The van der Waals surface area contributed by atoms with Crippen molar-refractivity contribution >= 4 is 11.3 Å². The summed E-state index contributed by atoms with van der Waals surface area (Å²) in [5.41, 5.74) is 2.29. The fourth-order valence-electron chi connectivity index (χ4n) is 2.66. The van der Waals surface area contributed by atoms with E-state index in [1.54, 1.807) is 11.3 Å². The van der Waals surface area contributed by atoms with Crippen molar-refractivity contribution in [2.45, 2.75) is 38.2 Å². The summed E-state index contributed by atoms with van der Waals surface area (Å²) in [4.78, 5) is 4.83. The van der Waals surface area contributed by atoms with Gasteiger partial charge in [-0.2, -0.15) is 0 Å². The second kappa shape index (κ2) is 5.06. The van der Waals surface area contributed by atoms with E-state index in [0.717, 1.165) is 25.1 Å². The van der Waals surface area contributed by atoms with Gasteiger partial charge in [0.2, 0.25) is 0 Å². The van der Waals surface area contributed by atoms with E-state index in [0.29, 0.717) is 5.92 Å². The van der Waals surface area contributed by atoms with Crippen molar-refractivity contribution in [1.82, 2.24) is 4.98 Å². The molecular weight excluding hydrogens is 254 g/mol. The average Bonchev–Trinajstić information content (AvgIpc) is 2.88. The molecule has 0 N–H and O–H groups in total. The SMILES string of the molecule is CC1(C)CC(c2nc(-c3ccccc3)cs2)CCO1. The Morgan fingerprint density at radius 3 is 2.79 bits per heavy atom. The number of rotatable bonds is 2. The van der Waals surface area contributed by atoms with Crippen LogP contribution in [0, 0.1) is 0 Å². The maximum absolute atomic E-state index is 5.79. The van der Waals surface area contributed by atoms with Gasteiger partial charge >= 0.3 is 0 Å². The highest BCUT2D eigenvalue weighted by Gasteiger charge is 2.31. The first-order valence-electron chi connectivity index (χ1n) is 6.79. The average molecular weight is 273 g/mol. The molecular formula is C16H19NOS. The van der Waals surface area contributed by atoms with Crippen LogP contribution in [0.4, 0.5) is 0 Å². The molecule has 1 aliphatic heterocycles. The molecule has 1 aliphatic rings. The molecule has 3 heteroatoms. The summed E-state index contributed by atoms with van der Waals surface area (Å²) >= 11 is 1.78. The topological polar surface area (TPSA) is 22.1 Å². The highest BCUT2D eigenvalue weighted by atomic mass is 32.1. The van der Waals surface area contributed by atoms with E-state index in [1.807, 2.05) is 6.07 Å². The van der Waals surface area contributed by atoms with Crippen LogP contribution in [0.5, 0.6) is 0 Å². The molecule has 0 aliphatic carbocycles. The molecule has 0 radical (unpaired) electrons. The summed E-state index contributed by atoms with van der Waals surface area (Å²) in [5.74, 6) is 0.547. The summed E-state index contributed by atoms with van der Waals surface area (Å²) in [6, 6.07) is 10.4. The second-order valence-electron chi connectivity index (χ2n) is 5.73. The lowest BCUT2D eigenvalue weighted by atomic mass is 9.89. The van der Waals surface area contributed by atoms with E-state index >= 15 is 0 Å². The molecule has 1 fully saturated rings. The molecule has 0 spiro atoms. The first-order chi connectivity index (χ1) is 9.14. The molecule has 19 heavy (non-hydrogen) atoms. The fourth-order valence-corrected chi connectivity index (χ4v) is 3.63. The van der Waals surface area contributed by atoms with Gasteiger partial charge in [0.05, 0.1) is 16.3 Å². The van der Waals surface area contributed by atoms with E-state index in [9.17, 15) is 0 Å². The van der Waals surface area contributed by atoms with Crippen LogP contribution in [0.2, 0.25) is 0 Å². The standard InChI is InChI=1S/C16H19NOS/c1-16(2)10-13(8-9-18-16)15-17-14(11-19-15)12-6-4-3-5-7-12/h3-7,11,13H,8-10H2,1-2H3. The van der Waals surface area contributed by atoms with Crippen molar-refractivity contribution in [2.24, 2.45) is 0 Å². The molecule has 1 unspecified atom stereocenters. The third-order valence-corrected chi connectivity index (χ3v) is 4.65. The molecule has 2 aromatic rings. The normalized spacial score (nSPS) is 22.3. The smallest absolute Gasteiger partial charge is 0.0965 e. The van der Waals surface area contributed by atoms with Gasteiger partial charge in [-0.15, -0.1) is 11.3 Å². The maximum atomic E-state index is 5.79. The number of hydrogen-bond donors (Lipinski definition) is 0. The van der Waals surface area contributed by atoms with Gasteiger partial charge in [0.15, 0.2) is 0 Å². The largest absolute Gasteiger partial charge is 0.376 e. The summed E-state index contributed by atoms with van der Waals surface area (Å²) in [6.45, 7) is 5.19. The summed E-state index contributed by atoms with van der Waals surface area (Å²) < 4.78 is 5.79. The van der Waals surface area contributed by atoms with Crippen LogP contribution < -0.4 is 0 Å². The second-order valence-corrected chi connectivity index (χ2v) is 6.62. The molecule has 100 valence electrons. The van der Waals surface area contributed by atoms with E-state index in [1.165, 1.54) is 10.6 Å². The van der Waals surface area contributed by atoms with Crippen LogP contribution in [-0.4, -0.2) is 17.2 Å². The third-order valence-electron chi connectivity index (χ3n) is 3.64. The lowest BCUT2D eigenvalue weighted by Gasteiger charge is -2.34. The van der Waals surface area contributed by atoms with E-state index in [4.69, 9.17) is 9.72 Å². The molecule has 1 aromatic carbocycles. The molecule has 1 saturated heterocycles. The van der Waals surface area contributed by atoms with Gasteiger partial charge in [0, 0.05) is 23.5 Å². The van der Waals surface area contributed by atoms with Crippen LogP contribution in [0.25, 0.3) is 11.3 Å². The molecule has 2 nitrogen and oxygen atoms in total. The fraction of sp³-hybridized carbons (Fsp3) is 0.438. The Hall–Kier alpha value is -1.19. The molecule has 1 aromatic heterocycles. The first kappa shape index (κ1) is 12.8. The van der Waals surface area contributed by atoms with Crippen molar-refractivity contribution in [3.63, 3.8) is 0 Å². The molecule has 0 amide bonds. The Balaban J connectivity index is 1.82. The Morgan fingerprint density at radius 2 is 2.05 bits per heavy atom. The minimum Gasteiger partial charge on any atom is -0.376 e. The summed E-state index contributed by atoms with van der Waals surface area (Å²) in [7, 11) is 0. The Morgan fingerprint density at radius 1 is 1.26 bits per heavy atom. The van der Waals surface area contributed by atoms with Gasteiger partial charge in [-0.25, -0.2) is 4.98 Å². The van der Waals surface area contributed by atoms with Crippen LogP contribution in [0.15, 0.2) is 35.7 Å². The van der Waals surface area contributed by atoms with Crippen molar-refractivity contribution < 1.29 is 4.74 Å². The monoisotopic (exact) mass is 273 g/mol. The van der Waals surface area contributed by atoms with E-state index < -0.39 is 0 Å². The lowest BCUT2D eigenvalue weighted by Crippen LogP contribution is -2.32. The number of nitrogens with zero attached hydrogens (tertiary/aromatic N) is 1. The van der Waals surface area contributed by atoms with Crippen LogP contribution >= 0.6 is 11.3 Å². The van der Waals surface area contributed by atoms with Crippen LogP contribution in [0.1, 0.15) is 37.6 Å². The predicted molar refractivity (Wildman–Crippen MR) is 79.6 cm³/mol. The maximum Gasteiger partial charge on any atom is 0.0965 e. The van der Waals surface area contributed by atoms with Crippen molar-refractivity contribution in [3.8, 4) is 11.3 Å². The van der Waals surface area contributed by atoms with Crippen LogP contribution in [-0.2, 0) is 4.74 Å². The van der Waals surface area contributed by atoms with Crippen molar-refractivity contribution in [2.75, 3.05) is 6.61 Å². The summed E-state index contributed by atoms with van der Waals surface area (Å²) in [5, 5.41) is 3.43. The zero-order valence-electron chi connectivity index (χ0n) is 11.4. The number of hydrogen-bond acceptors (Lipinski definition) is 3. The Labute approximate surface area is 118 Å². The Kier molecular flexibility index (Phi) is 3.42. The zero-order chi connectivity index (χ0) is 13.3. The van der Waals surface area contributed by atoms with E-state index in [-0.39, 0.29) is 5.60 Å². The molecule has 2 heterocycles. The highest BCUT2D eigenvalue weighted by molar-refractivity contribution is 7.10. The van der Waals surface area contributed by atoms with Gasteiger partial charge < -0.3 is 4.74 Å². The first-order valence-corrected chi connectivity index (χ1v) is 7.67. The number of thiazole rings is 1.